The Bertz CT molecular complexity index is 543. The topological polar surface area (TPSA) is 47.0 Å². The van der Waals surface area contributed by atoms with Crippen molar-refractivity contribution in [2.75, 3.05) is 19.0 Å². The van der Waals surface area contributed by atoms with Crippen molar-refractivity contribution in [2.45, 2.75) is 13.5 Å². The molecule has 2 rings (SSSR count). The van der Waals surface area contributed by atoms with E-state index in [1.807, 2.05) is 13.0 Å². The van der Waals surface area contributed by atoms with E-state index in [4.69, 9.17) is 4.74 Å². The molecule has 0 bridgehead atoms. The Kier molecular flexibility index (Phi) is 4.41. The lowest BCUT2D eigenvalue weighted by Gasteiger charge is -2.08. The molecule has 0 spiro atoms. The van der Waals surface area contributed by atoms with Gasteiger partial charge in [0.2, 0.25) is 0 Å². The van der Waals surface area contributed by atoms with Gasteiger partial charge in [-0.25, -0.2) is 14.4 Å². The third kappa shape index (κ3) is 3.48. The number of aromatic nitrogens is 2. The number of nitrogens with one attached hydrogen (secondary N) is 1. The van der Waals surface area contributed by atoms with Gasteiger partial charge in [-0.3, -0.25) is 0 Å². The molecule has 0 fully saturated rings. The molecule has 19 heavy (non-hydrogen) atoms. The van der Waals surface area contributed by atoms with Crippen molar-refractivity contribution in [3.63, 3.8) is 0 Å². The molecule has 2 aromatic rings. The van der Waals surface area contributed by atoms with Crippen LogP contribution in [0.1, 0.15) is 12.7 Å². The minimum atomic E-state index is -0.263. The second kappa shape index (κ2) is 6.24. The van der Waals surface area contributed by atoms with Gasteiger partial charge >= 0.3 is 0 Å². The zero-order chi connectivity index (χ0) is 13.7. The van der Waals surface area contributed by atoms with E-state index < -0.39 is 0 Å². The number of ether oxygens (including phenoxy) is 1. The lowest BCUT2D eigenvalue weighted by atomic mass is 10.1. The van der Waals surface area contributed by atoms with Crippen LogP contribution in [0.5, 0.6) is 0 Å². The summed E-state index contributed by atoms with van der Waals surface area (Å²) in [5.74, 6) is 1.05. The molecule has 0 atom stereocenters. The van der Waals surface area contributed by atoms with Gasteiger partial charge in [0, 0.05) is 25.3 Å². The van der Waals surface area contributed by atoms with Crippen LogP contribution in [0, 0.1) is 5.82 Å². The summed E-state index contributed by atoms with van der Waals surface area (Å²) < 4.78 is 18.2. The molecule has 100 valence electrons. The monoisotopic (exact) mass is 261 g/mol. The fourth-order valence-corrected chi connectivity index (χ4v) is 1.65. The molecule has 4 nitrogen and oxygen atoms in total. The lowest BCUT2D eigenvalue weighted by Crippen LogP contribution is -2.03. The van der Waals surface area contributed by atoms with Crippen LogP contribution in [-0.2, 0) is 11.3 Å². The van der Waals surface area contributed by atoms with Crippen LogP contribution < -0.4 is 5.32 Å². The minimum Gasteiger partial charge on any atom is -0.374 e. The van der Waals surface area contributed by atoms with Crippen molar-refractivity contribution < 1.29 is 9.13 Å². The Hall–Kier alpha value is -2.01. The fraction of sp³-hybridized carbons (Fsp3) is 0.286. The van der Waals surface area contributed by atoms with E-state index in [2.05, 4.69) is 15.3 Å². The van der Waals surface area contributed by atoms with E-state index >= 15 is 0 Å². The van der Waals surface area contributed by atoms with E-state index in [9.17, 15) is 4.39 Å². The van der Waals surface area contributed by atoms with Crippen LogP contribution in [0.3, 0.4) is 0 Å². The van der Waals surface area contributed by atoms with E-state index in [1.54, 1.807) is 19.2 Å². The van der Waals surface area contributed by atoms with Crippen molar-refractivity contribution in [1.29, 1.82) is 0 Å². The van der Waals surface area contributed by atoms with Gasteiger partial charge in [-0.05, 0) is 31.2 Å². The maximum atomic E-state index is 12.9. The Labute approximate surface area is 111 Å². The molecular formula is C14H16FN3O. The van der Waals surface area contributed by atoms with Crippen LogP contribution >= 0.6 is 0 Å². The first-order chi connectivity index (χ1) is 9.22. The number of anilines is 1. The van der Waals surface area contributed by atoms with Gasteiger partial charge in [0.05, 0.1) is 5.69 Å². The maximum absolute atomic E-state index is 12.9. The molecule has 0 aliphatic rings. The van der Waals surface area contributed by atoms with Gasteiger partial charge in [0.25, 0.3) is 0 Å². The number of nitrogens with zero attached hydrogens (tertiary/aromatic N) is 2. The highest BCUT2D eigenvalue weighted by Gasteiger charge is 2.06. The largest absolute Gasteiger partial charge is 0.374 e. The van der Waals surface area contributed by atoms with Crippen LogP contribution in [-0.4, -0.2) is 23.6 Å². The van der Waals surface area contributed by atoms with E-state index in [-0.39, 0.29) is 5.82 Å². The first kappa shape index (κ1) is 13.4. The molecule has 0 radical (unpaired) electrons. The number of hydrogen-bond donors (Lipinski definition) is 1. The quantitative estimate of drug-likeness (QED) is 0.899. The summed E-state index contributed by atoms with van der Waals surface area (Å²) in [7, 11) is 1.79. The molecule has 0 aliphatic carbocycles. The van der Waals surface area contributed by atoms with E-state index in [0.29, 0.717) is 24.9 Å². The summed E-state index contributed by atoms with van der Waals surface area (Å²) in [6, 6.07) is 8.04. The highest BCUT2D eigenvalue weighted by Crippen LogP contribution is 2.20. The molecular weight excluding hydrogens is 245 g/mol. The SMILES string of the molecule is CCOCc1nc(NC)cc(-c2ccc(F)cc2)n1. The molecule has 1 heterocycles. The maximum Gasteiger partial charge on any atom is 0.157 e. The summed E-state index contributed by atoms with van der Waals surface area (Å²) >= 11 is 0. The smallest absolute Gasteiger partial charge is 0.157 e. The third-order valence-electron chi connectivity index (χ3n) is 2.60. The minimum absolute atomic E-state index is 0.263. The average molecular weight is 261 g/mol. The highest BCUT2D eigenvalue weighted by molar-refractivity contribution is 5.62. The fourth-order valence-electron chi connectivity index (χ4n) is 1.65. The summed E-state index contributed by atoms with van der Waals surface area (Å²) in [6.45, 7) is 2.89. The van der Waals surface area contributed by atoms with Gasteiger partial charge in [-0.2, -0.15) is 0 Å². The second-order valence-electron chi connectivity index (χ2n) is 3.95. The average Bonchev–Trinajstić information content (AvgIpc) is 2.45. The molecule has 0 saturated carbocycles. The standard InChI is InChI=1S/C14H16FN3O/c1-3-19-9-14-17-12(8-13(16-2)18-14)10-4-6-11(15)7-5-10/h4-8H,3,9H2,1-2H3,(H,16,17,18). The van der Waals surface area contributed by atoms with Crippen molar-refractivity contribution >= 4 is 5.82 Å². The predicted octanol–water partition coefficient (Wildman–Crippen LogP) is 2.86. The molecule has 5 heteroatoms. The van der Waals surface area contributed by atoms with Crippen molar-refractivity contribution in [3.05, 3.63) is 42.0 Å². The number of halogens is 1. The molecule has 1 aromatic carbocycles. The van der Waals surface area contributed by atoms with Crippen LogP contribution in [0.15, 0.2) is 30.3 Å². The number of benzene rings is 1. The Morgan fingerprint density at radius 2 is 1.95 bits per heavy atom. The molecule has 0 saturated heterocycles. The van der Waals surface area contributed by atoms with Gasteiger partial charge in [-0.15, -0.1) is 0 Å². The first-order valence-electron chi connectivity index (χ1n) is 6.12. The zero-order valence-electron chi connectivity index (χ0n) is 11.0. The predicted molar refractivity (Wildman–Crippen MR) is 72.3 cm³/mol. The normalized spacial score (nSPS) is 10.5. The summed E-state index contributed by atoms with van der Waals surface area (Å²) in [6.07, 6.45) is 0. The lowest BCUT2D eigenvalue weighted by molar-refractivity contribution is 0.128. The van der Waals surface area contributed by atoms with Crippen molar-refractivity contribution in [2.24, 2.45) is 0 Å². The van der Waals surface area contributed by atoms with Gasteiger partial charge in [0.1, 0.15) is 18.2 Å². The molecule has 0 amide bonds. The van der Waals surface area contributed by atoms with Crippen LogP contribution in [0.25, 0.3) is 11.3 Å². The van der Waals surface area contributed by atoms with E-state index in [1.165, 1.54) is 12.1 Å². The Balaban J connectivity index is 2.35. The Morgan fingerprint density at radius 1 is 1.21 bits per heavy atom. The van der Waals surface area contributed by atoms with Crippen molar-refractivity contribution in [1.82, 2.24) is 9.97 Å². The van der Waals surface area contributed by atoms with Gasteiger partial charge in [0.15, 0.2) is 5.82 Å². The van der Waals surface area contributed by atoms with Gasteiger partial charge in [-0.1, -0.05) is 0 Å². The molecule has 0 unspecified atom stereocenters. The summed E-state index contributed by atoms with van der Waals surface area (Å²) in [4.78, 5) is 8.73. The number of hydrogen-bond acceptors (Lipinski definition) is 4. The highest BCUT2D eigenvalue weighted by atomic mass is 19.1. The Morgan fingerprint density at radius 3 is 2.58 bits per heavy atom. The number of rotatable bonds is 5. The van der Waals surface area contributed by atoms with Crippen LogP contribution in [0.2, 0.25) is 0 Å². The molecule has 1 aromatic heterocycles. The zero-order valence-corrected chi connectivity index (χ0v) is 11.0. The third-order valence-corrected chi connectivity index (χ3v) is 2.60. The van der Waals surface area contributed by atoms with E-state index in [0.717, 1.165) is 11.3 Å². The molecule has 0 aliphatic heterocycles. The first-order valence-corrected chi connectivity index (χ1v) is 6.12. The van der Waals surface area contributed by atoms with Crippen LogP contribution in [0.4, 0.5) is 10.2 Å². The molecule has 1 N–H and O–H groups in total. The summed E-state index contributed by atoms with van der Waals surface area (Å²) in [5, 5.41) is 2.98. The van der Waals surface area contributed by atoms with Crippen molar-refractivity contribution in [3.8, 4) is 11.3 Å². The second-order valence-corrected chi connectivity index (χ2v) is 3.95. The van der Waals surface area contributed by atoms with Gasteiger partial charge < -0.3 is 10.1 Å². The summed E-state index contributed by atoms with van der Waals surface area (Å²) in [5.41, 5.74) is 1.59.